The van der Waals surface area contributed by atoms with Gasteiger partial charge >= 0.3 is 0 Å². The van der Waals surface area contributed by atoms with E-state index in [-0.39, 0.29) is 24.4 Å². The molecular formula is C17H13Cl2N3O2. The van der Waals surface area contributed by atoms with Gasteiger partial charge in [0, 0.05) is 17.3 Å². The van der Waals surface area contributed by atoms with Gasteiger partial charge in [0.1, 0.15) is 6.42 Å². The number of carbonyl (C=O) groups excluding carboxylic acids is 2. The van der Waals surface area contributed by atoms with Crippen molar-refractivity contribution < 1.29 is 9.59 Å². The second-order valence-corrected chi connectivity index (χ2v) is 5.69. The third-order valence-electron chi connectivity index (χ3n) is 3.14. The summed E-state index contributed by atoms with van der Waals surface area (Å²) in [6, 6.07) is 13.4. The molecule has 2 aromatic rings. The van der Waals surface area contributed by atoms with Crippen LogP contribution >= 0.6 is 23.2 Å². The Morgan fingerprint density at radius 2 is 1.88 bits per heavy atom. The first-order valence-electron chi connectivity index (χ1n) is 6.99. The molecule has 2 aromatic carbocycles. The molecule has 0 atom stereocenters. The van der Waals surface area contributed by atoms with Crippen molar-refractivity contribution in [1.82, 2.24) is 5.32 Å². The number of nitrogens with one attached hydrogen (secondary N) is 2. The molecule has 2 N–H and O–H groups in total. The largest absolute Gasteiger partial charge is 0.348 e. The van der Waals surface area contributed by atoms with Crippen molar-refractivity contribution >= 4 is 40.7 Å². The van der Waals surface area contributed by atoms with Gasteiger partial charge in [-0.15, -0.1) is 0 Å². The van der Waals surface area contributed by atoms with E-state index < -0.39 is 5.91 Å². The molecular weight excluding hydrogens is 349 g/mol. The number of rotatable bonds is 5. The zero-order chi connectivity index (χ0) is 17.5. The second-order valence-electron chi connectivity index (χ2n) is 4.85. The van der Waals surface area contributed by atoms with Crippen LogP contribution in [0.25, 0.3) is 0 Å². The van der Waals surface area contributed by atoms with E-state index in [2.05, 4.69) is 10.6 Å². The van der Waals surface area contributed by atoms with Gasteiger partial charge in [-0.2, -0.15) is 5.26 Å². The Morgan fingerprint density at radius 3 is 2.62 bits per heavy atom. The van der Waals surface area contributed by atoms with E-state index in [1.54, 1.807) is 42.5 Å². The first kappa shape index (κ1) is 17.8. The molecule has 0 unspecified atom stereocenters. The number of carbonyl (C=O) groups is 2. The molecule has 24 heavy (non-hydrogen) atoms. The predicted octanol–water partition coefficient (Wildman–Crippen LogP) is 3.78. The molecule has 0 saturated carbocycles. The van der Waals surface area contributed by atoms with Gasteiger partial charge in [0.25, 0.3) is 5.91 Å². The van der Waals surface area contributed by atoms with Gasteiger partial charge < -0.3 is 10.6 Å². The Labute approximate surface area is 149 Å². The lowest BCUT2D eigenvalue weighted by atomic mass is 10.1. The third-order valence-corrected chi connectivity index (χ3v) is 3.71. The van der Waals surface area contributed by atoms with E-state index >= 15 is 0 Å². The van der Waals surface area contributed by atoms with Gasteiger partial charge in [-0.25, -0.2) is 0 Å². The number of amides is 2. The summed E-state index contributed by atoms with van der Waals surface area (Å²) in [7, 11) is 0. The third kappa shape index (κ3) is 4.72. The van der Waals surface area contributed by atoms with Gasteiger partial charge in [0.2, 0.25) is 5.91 Å². The van der Waals surface area contributed by atoms with Crippen LogP contribution < -0.4 is 10.6 Å². The number of halogens is 2. The highest BCUT2D eigenvalue weighted by Gasteiger charge is 2.12. The zero-order valence-corrected chi connectivity index (χ0v) is 14.0. The number of hydrogen-bond acceptors (Lipinski definition) is 3. The van der Waals surface area contributed by atoms with Crippen LogP contribution in [0.15, 0.2) is 42.5 Å². The Kier molecular flexibility index (Phi) is 6.19. The maximum Gasteiger partial charge on any atom is 0.253 e. The second kappa shape index (κ2) is 8.34. The number of anilines is 1. The summed E-state index contributed by atoms with van der Waals surface area (Å²) in [5.74, 6) is -0.783. The quantitative estimate of drug-likeness (QED) is 0.849. The lowest BCUT2D eigenvalue weighted by molar-refractivity contribution is -0.115. The van der Waals surface area contributed by atoms with Crippen LogP contribution in [-0.4, -0.2) is 11.8 Å². The van der Waals surface area contributed by atoms with Gasteiger partial charge in [-0.05, 0) is 29.8 Å². The highest BCUT2D eigenvalue weighted by molar-refractivity contribution is 6.35. The minimum Gasteiger partial charge on any atom is -0.348 e. The molecule has 0 aliphatic carbocycles. The van der Waals surface area contributed by atoms with Gasteiger partial charge in [0.05, 0.1) is 16.7 Å². The lowest BCUT2D eigenvalue weighted by Gasteiger charge is -2.12. The first-order chi connectivity index (χ1) is 11.5. The van der Waals surface area contributed by atoms with Crippen molar-refractivity contribution in [2.45, 2.75) is 13.0 Å². The minimum absolute atomic E-state index is 0.185. The molecule has 122 valence electrons. The highest BCUT2D eigenvalue weighted by atomic mass is 35.5. The molecule has 5 nitrogen and oxygen atoms in total. The van der Waals surface area contributed by atoms with Gasteiger partial charge in [-0.3, -0.25) is 9.59 Å². The van der Waals surface area contributed by atoms with Gasteiger partial charge in [-0.1, -0.05) is 41.4 Å². The van der Waals surface area contributed by atoms with Crippen molar-refractivity contribution in [3.63, 3.8) is 0 Å². The van der Waals surface area contributed by atoms with Crippen LogP contribution in [0.5, 0.6) is 0 Å². The summed E-state index contributed by atoms with van der Waals surface area (Å²) in [6.07, 6.45) is -0.237. The molecule has 0 radical (unpaired) electrons. The highest BCUT2D eigenvalue weighted by Crippen LogP contribution is 2.21. The average Bonchev–Trinajstić information content (AvgIpc) is 2.56. The fraction of sp³-hybridized carbons (Fsp3) is 0.118. The van der Waals surface area contributed by atoms with Crippen LogP contribution in [0.4, 0.5) is 5.69 Å². The summed E-state index contributed by atoms with van der Waals surface area (Å²) < 4.78 is 0. The maximum atomic E-state index is 12.2. The van der Waals surface area contributed by atoms with E-state index in [0.717, 1.165) is 0 Å². The monoisotopic (exact) mass is 361 g/mol. The van der Waals surface area contributed by atoms with Crippen molar-refractivity contribution in [3.05, 3.63) is 63.6 Å². The maximum absolute atomic E-state index is 12.2. The molecule has 0 fully saturated rings. The molecule has 0 saturated heterocycles. The fourth-order valence-corrected chi connectivity index (χ4v) is 2.38. The first-order valence-corrected chi connectivity index (χ1v) is 7.75. The predicted molar refractivity (Wildman–Crippen MR) is 92.9 cm³/mol. The SMILES string of the molecule is N#CCC(=O)Nc1ccccc1CNC(=O)c1cc(Cl)ccc1Cl. The Hall–Kier alpha value is -2.55. The van der Waals surface area contributed by atoms with Gasteiger partial charge in [0.15, 0.2) is 0 Å². The number of nitrogens with zero attached hydrogens (tertiary/aromatic N) is 1. The lowest BCUT2D eigenvalue weighted by Crippen LogP contribution is -2.24. The van der Waals surface area contributed by atoms with E-state index in [9.17, 15) is 9.59 Å². The van der Waals surface area contributed by atoms with Crippen LogP contribution in [0.1, 0.15) is 22.3 Å². The Morgan fingerprint density at radius 1 is 1.12 bits per heavy atom. The normalized spacial score (nSPS) is 9.88. The topological polar surface area (TPSA) is 82.0 Å². The molecule has 0 bridgehead atoms. The summed E-state index contributed by atoms with van der Waals surface area (Å²) in [5, 5.41) is 14.6. The summed E-state index contributed by atoms with van der Waals surface area (Å²) in [5.41, 5.74) is 1.51. The number of benzene rings is 2. The molecule has 2 amide bonds. The molecule has 2 rings (SSSR count). The smallest absolute Gasteiger partial charge is 0.253 e. The zero-order valence-electron chi connectivity index (χ0n) is 12.5. The summed E-state index contributed by atoms with van der Waals surface area (Å²) >= 11 is 11.9. The molecule has 0 aliphatic heterocycles. The Bertz CT molecular complexity index is 816. The molecule has 0 aromatic heterocycles. The average molecular weight is 362 g/mol. The standard InChI is InChI=1S/C17H13Cl2N3O2/c18-12-5-6-14(19)13(9-12)17(24)21-10-11-3-1-2-4-15(11)22-16(23)7-8-20/h1-6,9H,7,10H2,(H,21,24)(H,22,23). The van der Waals surface area contributed by atoms with E-state index in [1.807, 2.05) is 0 Å². The van der Waals surface area contributed by atoms with Crippen molar-refractivity contribution in [1.29, 1.82) is 5.26 Å². The molecule has 0 spiro atoms. The molecule has 7 heteroatoms. The van der Waals surface area contributed by atoms with Crippen molar-refractivity contribution in [3.8, 4) is 6.07 Å². The number of hydrogen-bond donors (Lipinski definition) is 2. The fourth-order valence-electron chi connectivity index (χ4n) is 2.00. The number of nitriles is 1. The van der Waals surface area contributed by atoms with E-state index in [0.29, 0.717) is 21.3 Å². The van der Waals surface area contributed by atoms with Crippen LogP contribution in [0.3, 0.4) is 0 Å². The molecule has 0 aliphatic rings. The van der Waals surface area contributed by atoms with E-state index in [4.69, 9.17) is 28.5 Å². The summed E-state index contributed by atoms with van der Waals surface area (Å²) in [4.78, 5) is 23.8. The van der Waals surface area contributed by atoms with Crippen LogP contribution in [-0.2, 0) is 11.3 Å². The van der Waals surface area contributed by atoms with Crippen LogP contribution in [0, 0.1) is 11.3 Å². The van der Waals surface area contributed by atoms with Crippen molar-refractivity contribution in [2.75, 3.05) is 5.32 Å². The number of para-hydroxylation sites is 1. The summed E-state index contributed by atoms with van der Waals surface area (Å²) in [6.45, 7) is 0.185. The Balaban J connectivity index is 2.09. The van der Waals surface area contributed by atoms with Crippen molar-refractivity contribution in [2.24, 2.45) is 0 Å². The van der Waals surface area contributed by atoms with E-state index in [1.165, 1.54) is 6.07 Å². The van der Waals surface area contributed by atoms with Crippen LogP contribution in [0.2, 0.25) is 10.0 Å². The minimum atomic E-state index is -0.408. The molecule has 0 heterocycles.